The lowest BCUT2D eigenvalue weighted by atomic mass is 10.0. The number of halogens is 1. The van der Waals surface area contributed by atoms with Gasteiger partial charge in [0.1, 0.15) is 6.10 Å². The topological polar surface area (TPSA) is 25.4 Å². The van der Waals surface area contributed by atoms with Crippen molar-refractivity contribution in [1.29, 1.82) is 0 Å². The highest BCUT2D eigenvalue weighted by atomic mass is 79.9. The van der Waals surface area contributed by atoms with Gasteiger partial charge in [0.05, 0.1) is 9.98 Å². The Morgan fingerprint density at radius 3 is 2.69 bits per heavy atom. The number of hydrogen-bond donors (Lipinski definition) is 0. The minimum atomic E-state index is 0.367. The fraction of sp³-hybridized carbons (Fsp3) is 0.727. The highest BCUT2D eigenvalue weighted by Gasteiger charge is 2.39. The van der Waals surface area contributed by atoms with Crippen molar-refractivity contribution in [2.75, 3.05) is 7.05 Å². The Morgan fingerprint density at radius 1 is 1.44 bits per heavy atom. The van der Waals surface area contributed by atoms with Crippen LogP contribution in [0.3, 0.4) is 0 Å². The van der Waals surface area contributed by atoms with Gasteiger partial charge in [-0.25, -0.2) is 4.98 Å². The number of hydrogen-bond acceptors (Lipinski definition) is 4. The molecule has 3 nitrogen and oxygen atoms in total. The van der Waals surface area contributed by atoms with Crippen LogP contribution in [0.25, 0.3) is 0 Å². The van der Waals surface area contributed by atoms with Gasteiger partial charge in [-0.3, -0.25) is 0 Å². The van der Waals surface area contributed by atoms with Crippen LogP contribution >= 0.6 is 27.3 Å². The average Bonchev–Trinajstić information content (AvgIpc) is 2.72. The molecule has 0 radical (unpaired) electrons. The molecule has 16 heavy (non-hydrogen) atoms. The van der Waals surface area contributed by atoms with Gasteiger partial charge in [-0.05, 0) is 48.7 Å². The van der Waals surface area contributed by atoms with Crippen LogP contribution in [0.15, 0.2) is 9.98 Å². The summed E-state index contributed by atoms with van der Waals surface area (Å²) >= 11 is 4.99. The standard InChI is InChI=1S/C11H15BrN2OS/c1-14-7-2-3-8(14)5-9(4-7)15-11-13-6-10(12)16-11/h6-9H,2-5H2,1H3. The van der Waals surface area contributed by atoms with Crippen molar-refractivity contribution in [3.05, 3.63) is 9.98 Å². The van der Waals surface area contributed by atoms with Crippen LogP contribution < -0.4 is 4.74 Å². The third-order valence-electron chi connectivity index (χ3n) is 3.78. The highest BCUT2D eigenvalue weighted by Crippen LogP contribution is 2.36. The minimum Gasteiger partial charge on any atom is -0.467 e. The first-order chi connectivity index (χ1) is 7.72. The van der Waals surface area contributed by atoms with Gasteiger partial charge in [-0.2, -0.15) is 0 Å². The maximum absolute atomic E-state index is 5.96. The summed E-state index contributed by atoms with van der Waals surface area (Å²) in [5, 5.41) is 0.806. The minimum absolute atomic E-state index is 0.367. The zero-order chi connectivity index (χ0) is 11.1. The Kier molecular flexibility index (Phi) is 2.94. The molecule has 0 saturated carbocycles. The van der Waals surface area contributed by atoms with E-state index in [1.54, 1.807) is 11.3 Å². The Bertz CT molecular complexity index is 370. The molecule has 2 saturated heterocycles. The molecule has 2 atom stereocenters. The summed E-state index contributed by atoms with van der Waals surface area (Å²) in [4.78, 5) is 6.76. The number of nitrogens with zero attached hydrogens (tertiary/aromatic N) is 2. The predicted molar refractivity (Wildman–Crippen MR) is 68.0 cm³/mol. The molecule has 1 aromatic rings. The molecule has 1 aromatic heterocycles. The lowest BCUT2D eigenvalue weighted by molar-refractivity contribution is 0.0660. The van der Waals surface area contributed by atoms with E-state index < -0.39 is 0 Å². The molecule has 0 N–H and O–H groups in total. The van der Waals surface area contributed by atoms with Crippen molar-refractivity contribution in [2.45, 2.75) is 43.9 Å². The fourth-order valence-electron chi connectivity index (χ4n) is 2.89. The molecule has 0 aromatic carbocycles. The number of rotatable bonds is 2. The molecule has 0 amide bonds. The number of ether oxygens (including phenoxy) is 1. The number of piperidine rings is 1. The molecular weight excluding hydrogens is 288 g/mol. The van der Waals surface area contributed by atoms with E-state index in [0.29, 0.717) is 6.10 Å². The second-order valence-electron chi connectivity index (χ2n) is 4.69. The van der Waals surface area contributed by atoms with Crippen molar-refractivity contribution in [1.82, 2.24) is 9.88 Å². The van der Waals surface area contributed by atoms with Crippen molar-refractivity contribution in [3.63, 3.8) is 0 Å². The largest absolute Gasteiger partial charge is 0.467 e. The molecule has 88 valence electrons. The summed E-state index contributed by atoms with van der Waals surface area (Å²) < 4.78 is 7.00. The first-order valence-corrected chi connectivity index (χ1v) is 7.33. The smallest absolute Gasteiger partial charge is 0.274 e. The normalized spacial score (nSPS) is 34.2. The van der Waals surface area contributed by atoms with Crippen LogP contribution in [0, 0.1) is 0 Å². The first-order valence-electron chi connectivity index (χ1n) is 5.72. The quantitative estimate of drug-likeness (QED) is 0.840. The second kappa shape index (κ2) is 4.27. The molecule has 2 aliphatic heterocycles. The predicted octanol–water partition coefficient (Wildman–Crippen LogP) is 2.91. The van der Waals surface area contributed by atoms with Crippen molar-refractivity contribution >= 4 is 27.3 Å². The molecule has 0 spiro atoms. The third kappa shape index (κ3) is 2.00. The summed E-state index contributed by atoms with van der Waals surface area (Å²) in [5.41, 5.74) is 0. The van der Waals surface area contributed by atoms with Gasteiger partial charge < -0.3 is 9.64 Å². The average molecular weight is 303 g/mol. The Labute approximate surface area is 108 Å². The highest BCUT2D eigenvalue weighted by molar-refractivity contribution is 9.11. The Morgan fingerprint density at radius 2 is 2.12 bits per heavy atom. The van der Waals surface area contributed by atoms with Crippen LogP contribution in [0.2, 0.25) is 0 Å². The zero-order valence-corrected chi connectivity index (χ0v) is 11.6. The van der Waals surface area contributed by atoms with Gasteiger partial charge in [-0.1, -0.05) is 11.3 Å². The van der Waals surface area contributed by atoms with Gasteiger partial charge in [-0.15, -0.1) is 0 Å². The number of thiazole rings is 1. The van der Waals surface area contributed by atoms with Crippen LogP contribution in [-0.2, 0) is 0 Å². The maximum Gasteiger partial charge on any atom is 0.274 e. The molecule has 2 fully saturated rings. The molecule has 3 rings (SSSR count). The number of aromatic nitrogens is 1. The Balaban J connectivity index is 1.65. The van der Waals surface area contributed by atoms with Crippen LogP contribution in [0.5, 0.6) is 5.19 Å². The van der Waals surface area contributed by atoms with E-state index in [9.17, 15) is 0 Å². The summed E-state index contributed by atoms with van der Waals surface area (Å²) in [7, 11) is 2.25. The van der Waals surface area contributed by atoms with E-state index in [4.69, 9.17) is 4.74 Å². The third-order valence-corrected chi connectivity index (χ3v) is 5.15. The van der Waals surface area contributed by atoms with Gasteiger partial charge in [0.2, 0.25) is 0 Å². The van der Waals surface area contributed by atoms with E-state index in [1.807, 2.05) is 6.20 Å². The van der Waals surface area contributed by atoms with E-state index in [-0.39, 0.29) is 0 Å². The molecular formula is C11H15BrN2OS. The van der Waals surface area contributed by atoms with Crippen molar-refractivity contribution < 1.29 is 4.74 Å². The summed E-state index contributed by atoms with van der Waals surface area (Å²) in [6.07, 6.45) is 7.16. The van der Waals surface area contributed by atoms with E-state index in [1.165, 1.54) is 12.8 Å². The summed E-state index contributed by atoms with van der Waals surface area (Å²) in [6, 6.07) is 1.46. The van der Waals surface area contributed by atoms with Crippen molar-refractivity contribution in [3.8, 4) is 5.19 Å². The molecule has 2 unspecified atom stereocenters. The lowest BCUT2D eigenvalue weighted by Crippen LogP contribution is -2.43. The van der Waals surface area contributed by atoms with E-state index in [0.717, 1.165) is 33.9 Å². The van der Waals surface area contributed by atoms with E-state index in [2.05, 4.69) is 32.9 Å². The van der Waals surface area contributed by atoms with Crippen LogP contribution in [-0.4, -0.2) is 35.1 Å². The SMILES string of the molecule is CN1C2CCC1CC(Oc1ncc(Br)s1)C2. The maximum atomic E-state index is 5.96. The van der Waals surface area contributed by atoms with Gasteiger partial charge in [0.15, 0.2) is 0 Å². The lowest BCUT2D eigenvalue weighted by Gasteiger charge is -2.35. The van der Waals surface area contributed by atoms with Gasteiger partial charge in [0, 0.05) is 12.1 Å². The fourth-order valence-corrected chi connectivity index (χ4v) is 3.97. The Hall–Kier alpha value is -0.130. The molecule has 2 bridgehead atoms. The molecule has 5 heteroatoms. The van der Waals surface area contributed by atoms with E-state index >= 15 is 0 Å². The number of fused-ring (bicyclic) bond motifs is 2. The van der Waals surface area contributed by atoms with Gasteiger partial charge in [0.25, 0.3) is 5.19 Å². The second-order valence-corrected chi connectivity index (χ2v) is 7.06. The van der Waals surface area contributed by atoms with Gasteiger partial charge >= 0.3 is 0 Å². The van der Waals surface area contributed by atoms with Crippen LogP contribution in [0.4, 0.5) is 0 Å². The van der Waals surface area contributed by atoms with Crippen LogP contribution in [0.1, 0.15) is 25.7 Å². The van der Waals surface area contributed by atoms with Crippen molar-refractivity contribution in [2.24, 2.45) is 0 Å². The zero-order valence-electron chi connectivity index (χ0n) is 9.23. The summed E-state index contributed by atoms with van der Waals surface area (Å²) in [6.45, 7) is 0. The molecule has 3 heterocycles. The molecule has 0 aliphatic carbocycles. The first kappa shape index (κ1) is 11.0. The summed E-state index contributed by atoms with van der Waals surface area (Å²) in [5.74, 6) is 0. The monoisotopic (exact) mass is 302 g/mol. The molecule has 2 aliphatic rings.